The van der Waals surface area contributed by atoms with Gasteiger partial charge in [0.2, 0.25) is 0 Å². The van der Waals surface area contributed by atoms with E-state index >= 15 is 0 Å². The fourth-order valence-electron chi connectivity index (χ4n) is 1.29. The van der Waals surface area contributed by atoms with Crippen molar-refractivity contribution in [2.24, 2.45) is 0 Å². The number of hydrogen-bond donors (Lipinski definition) is 1. The van der Waals surface area contributed by atoms with Crippen LogP contribution in [-0.4, -0.2) is 18.9 Å². The molecular formula is C12H17NO. The highest BCUT2D eigenvalue weighted by molar-refractivity contribution is 5.99. The van der Waals surface area contributed by atoms with E-state index in [1.807, 2.05) is 31.2 Å². The molecule has 0 aliphatic carbocycles. The minimum absolute atomic E-state index is 0.109. The minimum atomic E-state index is -0.109. The van der Waals surface area contributed by atoms with Crippen molar-refractivity contribution in [3.8, 4) is 0 Å². The van der Waals surface area contributed by atoms with Gasteiger partial charge in [-0.2, -0.15) is 0 Å². The molecule has 0 aromatic heterocycles. The average molecular weight is 191 g/mol. The molecule has 14 heavy (non-hydrogen) atoms. The van der Waals surface area contributed by atoms with Crippen molar-refractivity contribution in [2.45, 2.75) is 26.3 Å². The molecule has 1 aromatic rings. The van der Waals surface area contributed by atoms with Crippen LogP contribution in [0.25, 0.3) is 0 Å². The number of carbonyl (C=O) groups excluding carboxylic acids is 1. The Bertz CT molecular complexity index is 303. The van der Waals surface area contributed by atoms with E-state index in [1.165, 1.54) is 5.56 Å². The number of nitrogens with one attached hydrogen (secondary N) is 1. The molecule has 2 heteroatoms. The lowest BCUT2D eigenvalue weighted by Crippen LogP contribution is -2.30. The molecule has 0 saturated heterocycles. The van der Waals surface area contributed by atoms with Gasteiger partial charge < -0.3 is 5.32 Å². The third-order valence-corrected chi connectivity index (χ3v) is 2.47. The van der Waals surface area contributed by atoms with Crippen molar-refractivity contribution in [3.63, 3.8) is 0 Å². The molecule has 0 aliphatic rings. The summed E-state index contributed by atoms with van der Waals surface area (Å²) in [6.45, 7) is 3.98. The quantitative estimate of drug-likeness (QED) is 0.738. The van der Waals surface area contributed by atoms with Crippen LogP contribution in [0.1, 0.15) is 29.8 Å². The maximum absolute atomic E-state index is 11.7. The van der Waals surface area contributed by atoms with Gasteiger partial charge in [0.1, 0.15) is 0 Å². The predicted molar refractivity (Wildman–Crippen MR) is 58.7 cm³/mol. The van der Waals surface area contributed by atoms with E-state index in [0.717, 1.165) is 12.0 Å². The number of carbonyl (C=O) groups is 1. The van der Waals surface area contributed by atoms with Crippen molar-refractivity contribution in [1.82, 2.24) is 5.32 Å². The fourth-order valence-corrected chi connectivity index (χ4v) is 1.29. The van der Waals surface area contributed by atoms with Crippen LogP contribution in [0.5, 0.6) is 0 Å². The second kappa shape index (κ2) is 4.91. The molecule has 0 radical (unpaired) electrons. The zero-order valence-corrected chi connectivity index (χ0v) is 9.00. The summed E-state index contributed by atoms with van der Waals surface area (Å²) in [6, 6.07) is 7.71. The Morgan fingerprint density at radius 2 is 1.93 bits per heavy atom. The van der Waals surface area contributed by atoms with Gasteiger partial charge in [0, 0.05) is 5.56 Å². The molecule has 1 rings (SSSR count). The zero-order valence-electron chi connectivity index (χ0n) is 9.00. The van der Waals surface area contributed by atoms with Crippen LogP contribution in [0.2, 0.25) is 0 Å². The second-order valence-corrected chi connectivity index (χ2v) is 3.43. The number of ketones is 1. The number of hydrogen-bond acceptors (Lipinski definition) is 2. The van der Waals surface area contributed by atoms with Gasteiger partial charge in [0.25, 0.3) is 0 Å². The lowest BCUT2D eigenvalue weighted by Gasteiger charge is -2.08. The van der Waals surface area contributed by atoms with E-state index in [1.54, 1.807) is 7.05 Å². The van der Waals surface area contributed by atoms with Crippen LogP contribution in [-0.2, 0) is 6.42 Å². The molecule has 1 unspecified atom stereocenters. The summed E-state index contributed by atoms with van der Waals surface area (Å²) in [5, 5.41) is 2.94. The van der Waals surface area contributed by atoms with Gasteiger partial charge in [-0.15, -0.1) is 0 Å². The van der Waals surface area contributed by atoms with E-state index in [-0.39, 0.29) is 11.8 Å². The first-order chi connectivity index (χ1) is 6.69. The Kier molecular flexibility index (Phi) is 3.84. The monoisotopic (exact) mass is 191 g/mol. The zero-order chi connectivity index (χ0) is 10.6. The lowest BCUT2D eigenvalue weighted by atomic mass is 10.0. The molecule has 0 saturated carbocycles. The number of benzene rings is 1. The Hall–Kier alpha value is -1.15. The molecule has 1 atom stereocenters. The average Bonchev–Trinajstić information content (AvgIpc) is 2.27. The van der Waals surface area contributed by atoms with Crippen molar-refractivity contribution in [1.29, 1.82) is 0 Å². The molecule has 0 spiro atoms. The SMILES string of the molecule is CCc1ccc(C(=O)C(C)NC)cc1. The minimum Gasteiger partial charge on any atom is -0.310 e. The molecule has 0 fully saturated rings. The van der Waals surface area contributed by atoms with E-state index in [2.05, 4.69) is 12.2 Å². The fraction of sp³-hybridized carbons (Fsp3) is 0.417. The Labute approximate surface area is 85.3 Å². The van der Waals surface area contributed by atoms with Gasteiger partial charge in [-0.05, 0) is 26.0 Å². The van der Waals surface area contributed by atoms with Gasteiger partial charge >= 0.3 is 0 Å². The van der Waals surface area contributed by atoms with E-state index in [4.69, 9.17) is 0 Å². The summed E-state index contributed by atoms with van der Waals surface area (Å²) in [5.41, 5.74) is 2.04. The van der Waals surface area contributed by atoms with Gasteiger partial charge in [0.05, 0.1) is 6.04 Å². The highest BCUT2D eigenvalue weighted by atomic mass is 16.1. The van der Waals surface area contributed by atoms with E-state index in [9.17, 15) is 4.79 Å². The van der Waals surface area contributed by atoms with Crippen LogP contribution < -0.4 is 5.32 Å². The molecule has 0 amide bonds. The highest BCUT2D eigenvalue weighted by Gasteiger charge is 2.12. The van der Waals surface area contributed by atoms with Crippen molar-refractivity contribution < 1.29 is 4.79 Å². The molecule has 0 heterocycles. The van der Waals surface area contributed by atoms with Crippen molar-refractivity contribution in [2.75, 3.05) is 7.05 Å². The third-order valence-electron chi connectivity index (χ3n) is 2.47. The van der Waals surface area contributed by atoms with Gasteiger partial charge in [-0.1, -0.05) is 31.2 Å². The molecule has 76 valence electrons. The van der Waals surface area contributed by atoms with Gasteiger partial charge in [-0.25, -0.2) is 0 Å². The Morgan fingerprint density at radius 3 is 2.36 bits per heavy atom. The molecular weight excluding hydrogens is 174 g/mol. The first kappa shape index (κ1) is 10.9. The number of likely N-dealkylation sites (N-methyl/N-ethyl adjacent to an activating group) is 1. The first-order valence-electron chi connectivity index (χ1n) is 4.99. The standard InChI is InChI=1S/C12H17NO/c1-4-10-5-7-11(8-6-10)12(14)9(2)13-3/h5-9,13H,4H2,1-3H3. The van der Waals surface area contributed by atoms with Crippen LogP contribution in [0.4, 0.5) is 0 Å². The van der Waals surface area contributed by atoms with Crippen molar-refractivity contribution in [3.05, 3.63) is 35.4 Å². The lowest BCUT2D eigenvalue weighted by molar-refractivity contribution is 0.0955. The number of Topliss-reactive ketones (excluding diaryl/α,β-unsaturated/α-hetero) is 1. The maximum Gasteiger partial charge on any atom is 0.179 e. The van der Waals surface area contributed by atoms with Crippen LogP contribution in [0, 0.1) is 0 Å². The number of rotatable bonds is 4. The summed E-state index contributed by atoms with van der Waals surface area (Å²) in [7, 11) is 1.79. The second-order valence-electron chi connectivity index (χ2n) is 3.43. The molecule has 1 aromatic carbocycles. The normalized spacial score (nSPS) is 12.5. The molecule has 1 N–H and O–H groups in total. The van der Waals surface area contributed by atoms with Crippen LogP contribution in [0.15, 0.2) is 24.3 Å². The van der Waals surface area contributed by atoms with E-state index in [0.29, 0.717) is 0 Å². The molecule has 0 aliphatic heterocycles. The smallest absolute Gasteiger partial charge is 0.179 e. The summed E-state index contributed by atoms with van der Waals surface area (Å²) < 4.78 is 0. The third kappa shape index (κ3) is 2.42. The summed E-state index contributed by atoms with van der Waals surface area (Å²) in [5.74, 6) is 0.148. The summed E-state index contributed by atoms with van der Waals surface area (Å²) in [6.07, 6.45) is 1.01. The Morgan fingerprint density at radius 1 is 1.36 bits per heavy atom. The summed E-state index contributed by atoms with van der Waals surface area (Å²) >= 11 is 0. The predicted octanol–water partition coefficient (Wildman–Crippen LogP) is 2.04. The maximum atomic E-state index is 11.7. The highest BCUT2D eigenvalue weighted by Crippen LogP contribution is 2.07. The van der Waals surface area contributed by atoms with Gasteiger partial charge in [-0.3, -0.25) is 4.79 Å². The molecule has 2 nitrogen and oxygen atoms in total. The number of aryl methyl sites for hydroxylation is 1. The first-order valence-corrected chi connectivity index (χ1v) is 4.99. The van der Waals surface area contributed by atoms with Crippen LogP contribution in [0.3, 0.4) is 0 Å². The van der Waals surface area contributed by atoms with E-state index < -0.39 is 0 Å². The largest absolute Gasteiger partial charge is 0.310 e. The van der Waals surface area contributed by atoms with Gasteiger partial charge in [0.15, 0.2) is 5.78 Å². The van der Waals surface area contributed by atoms with Crippen molar-refractivity contribution >= 4 is 5.78 Å². The topological polar surface area (TPSA) is 29.1 Å². The molecule has 0 bridgehead atoms. The summed E-state index contributed by atoms with van der Waals surface area (Å²) in [4.78, 5) is 11.7. The Balaban J connectivity index is 2.81. The van der Waals surface area contributed by atoms with Crippen LogP contribution >= 0.6 is 0 Å².